The van der Waals surface area contributed by atoms with Crippen molar-refractivity contribution in [3.63, 3.8) is 0 Å². The van der Waals surface area contributed by atoms with Crippen LogP contribution in [-0.2, 0) is 20.9 Å². The summed E-state index contributed by atoms with van der Waals surface area (Å²) in [7, 11) is 0. The molecule has 2 fully saturated rings. The zero-order valence-corrected chi connectivity index (χ0v) is 21.1. The van der Waals surface area contributed by atoms with Gasteiger partial charge in [-0.05, 0) is 43.9 Å². The van der Waals surface area contributed by atoms with E-state index in [1.165, 1.54) is 6.07 Å². The first-order chi connectivity index (χ1) is 18.3. The maximum absolute atomic E-state index is 15.1. The van der Waals surface area contributed by atoms with Crippen molar-refractivity contribution >= 4 is 29.6 Å². The number of nitrogens with two attached hydrogens (primary N) is 2. The van der Waals surface area contributed by atoms with E-state index in [4.69, 9.17) is 20.9 Å². The molecule has 1 saturated heterocycles. The molecule has 2 aromatic carbocycles. The Kier molecular flexibility index (Phi) is 8.77. The fourth-order valence-electron chi connectivity index (χ4n) is 4.85. The number of nitrogens with zero attached hydrogens (tertiary/aromatic N) is 3. The Morgan fingerprint density at radius 2 is 1.61 bits per heavy atom. The number of benzene rings is 2. The Morgan fingerprint density at radius 3 is 2.26 bits per heavy atom. The van der Waals surface area contributed by atoms with E-state index in [2.05, 4.69) is 4.99 Å². The maximum Gasteiger partial charge on any atom is 0.437 e. The number of aliphatic imine (C=N–C) groups is 1. The summed E-state index contributed by atoms with van der Waals surface area (Å²) >= 11 is 0. The van der Waals surface area contributed by atoms with Gasteiger partial charge in [-0.2, -0.15) is 0 Å². The van der Waals surface area contributed by atoms with E-state index >= 15 is 4.39 Å². The Morgan fingerprint density at radius 1 is 0.921 bits per heavy atom. The topological polar surface area (TPSA) is 141 Å². The van der Waals surface area contributed by atoms with Crippen LogP contribution in [-0.4, -0.2) is 61.1 Å². The van der Waals surface area contributed by atoms with Gasteiger partial charge in [-0.1, -0.05) is 30.3 Å². The second-order valence-corrected chi connectivity index (χ2v) is 9.40. The van der Waals surface area contributed by atoms with Crippen LogP contribution in [0.2, 0.25) is 0 Å². The summed E-state index contributed by atoms with van der Waals surface area (Å²) in [5.41, 5.74) is 11.4. The second-order valence-electron chi connectivity index (χ2n) is 9.40. The molecular formula is C27H32FN5O5. The van der Waals surface area contributed by atoms with E-state index in [-0.39, 0.29) is 36.1 Å². The van der Waals surface area contributed by atoms with Gasteiger partial charge in [-0.25, -0.2) is 14.0 Å². The molecule has 0 bridgehead atoms. The smallest absolute Gasteiger partial charge is 0.437 e. The summed E-state index contributed by atoms with van der Waals surface area (Å²) in [6, 6.07) is 13.8. The molecule has 0 radical (unpaired) electrons. The van der Waals surface area contributed by atoms with Gasteiger partial charge in [0.05, 0.1) is 11.3 Å². The standard InChI is InChI=1S/C27H32FN5O5/c28-23-20(17-37-27(36)31-26(29)30)7-4-8-22(23)32-13-15-33(16-14-32)24(34)18-9-11-21(12-10-18)38-25(35)19-5-2-1-3-6-19/h1-8,18,21H,9-17H2,(H4,29,30,31,36). The number of guanidine groups is 1. The normalized spacial score (nSPS) is 19.4. The predicted octanol–water partition coefficient (Wildman–Crippen LogP) is 2.80. The van der Waals surface area contributed by atoms with Crippen molar-refractivity contribution in [1.29, 1.82) is 0 Å². The fraction of sp³-hybridized carbons (Fsp3) is 0.407. The SMILES string of the molecule is NC(N)=NC(=O)OCc1cccc(N2CCN(C(=O)C3CCC(OC(=O)c4ccccc4)CC3)CC2)c1F. The first-order valence-electron chi connectivity index (χ1n) is 12.7. The lowest BCUT2D eigenvalue weighted by molar-refractivity contribution is -0.137. The van der Waals surface area contributed by atoms with Gasteiger partial charge < -0.3 is 30.7 Å². The summed E-state index contributed by atoms with van der Waals surface area (Å²) in [6.07, 6.45) is 1.46. The highest BCUT2D eigenvalue weighted by atomic mass is 19.1. The Balaban J connectivity index is 1.25. The van der Waals surface area contributed by atoms with E-state index in [1.807, 2.05) is 15.9 Å². The molecular weight excluding hydrogens is 493 g/mol. The van der Waals surface area contributed by atoms with E-state index in [1.54, 1.807) is 36.4 Å². The van der Waals surface area contributed by atoms with E-state index in [0.717, 1.165) is 0 Å². The van der Waals surface area contributed by atoms with Gasteiger partial charge in [0.15, 0.2) is 11.8 Å². The molecule has 11 heteroatoms. The highest BCUT2D eigenvalue weighted by Gasteiger charge is 2.33. The number of carbonyl (C=O) groups is 3. The molecule has 1 heterocycles. The zero-order chi connectivity index (χ0) is 27.1. The minimum atomic E-state index is -0.995. The van der Waals surface area contributed by atoms with Gasteiger partial charge >= 0.3 is 12.1 Å². The van der Waals surface area contributed by atoms with Gasteiger partial charge in [0, 0.05) is 37.7 Å². The second kappa shape index (κ2) is 12.4. The molecule has 2 aromatic rings. The van der Waals surface area contributed by atoms with Crippen LogP contribution in [0.1, 0.15) is 41.6 Å². The Bertz CT molecular complexity index is 1170. The van der Waals surface area contributed by atoms with Crippen molar-refractivity contribution in [3.05, 3.63) is 65.5 Å². The first kappa shape index (κ1) is 26.9. The molecule has 10 nitrogen and oxygen atoms in total. The zero-order valence-electron chi connectivity index (χ0n) is 21.1. The third-order valence-corrected chi connectivity index (χ3v) is 6.87. The Labute approximate surface area is 220 Å². The molecule has 0 atom stereocenters. The number of piperazine rings is 1. The monoisotopic (exact) mass is 525 g/mol. The van der Waals surface area contributed by atoms with Crippen LogP contribution in [0.4, 0.5) is 14.9 Å². The van der Waals surface area contributed by atoms with Gasteiger partial charge in [0.2, 0.25) is 5.91 Å². The number of amides is 2. The van der Waals surface area contributed by atoms with Crippen molar-refractivity contribution in [1.82, 2.24) is 4.90 Å². The lowest BCUT2D eigenvalue weighted by atomic mass is 9.86. The summed E-state index contributed by atoms with van der Waals surface area (Å²) < 4.78 is 25.7. The molecule has 38 heavy (non-hydrogen) atoms. The van der Waals surface area contributed by atoms with Gasteiger partial charge in [-0.15, -0.1) is 4.99 Å². The van der Waals surface area contributed by atoms with Crippen molar-refractivity contribution < 1.29 is 28.2 Å². The van der Waals surface area contributed by atoms with Crippen molar-refractivity contribution in [2.24, 2.45) is 22.4 Å². The molecule has 0 unspecified atom stereocenters. The molecule has 4 rings (SSSR count). The fourth-order valence-corrected chi connectivity index (χ4v) is 4.85. The van der Waals surface area contributed by atoms with Crippen LogP contribution >= 0.6 is 0 Å². The number of halogens is 1. The van der Waals surface area contributed by atoms with E-state index < -0.39 is 17.9 Å². The number of esters is 1. The molecule has 4 N–H and O–H groups in total. The lowest BCUT2D eigenvalue weighted by Crippen LogP contribution is -2.51. The molecule has 2 aliphatic rings. The highest BCUT2D eigenvalue weighted by Crippen LogP contribution is 2.30. The van der Waals surface area contributed by atoms with Gasteiger partial charge in [0.25, 0.3) is 0 Å². The number of rotatable bonds is 6. The third kappa shape index (κ3) is 6.78. The minimum absolute atomic E-state index is 0.0957. The predicted molar refractivity (Wildman–Crippen MR) is 139 cm³/mol. The maximum atomic E-state index is 15.1. The lowest BCUT2D eigenvalue weighted by Gasteiger charge is -2.39. The molecule has 0 spiro atoms. The molecule has 1 aliphatic carbocycles. The summed E-state index contributed by atoms with van der Waals surface area (Å²) in [5, 5.41) is 0. The number of hydrogen-bond donors (Lipinski definition) is 2. The van der Waals surface area contributed by atoms with E-state index in [9.17, 15) is 14.4 Å². The molecule has 1 aliphatic heterocycles. The number of carbonyl (C=O) groups excluding carboxylic acids is 3. The summed E-state index contributed by atoms with van der Waals surface area (Å²) in [6.45, 7) is 1.60. The van der Waals surface area contributed by atoms with Crippen LogP contribution in [0.3, 0.4) is 0 Å². The quantitative estimate of drug-likeness (QED) is 0.333. The van der Waals surface area contributed by atoms with Gasteiger partial charge in [0.1, 0.15) is 12.7 Å². The van der Waals surface area contributed by atoms with E-state index in [0.29, 0.717) is 63.1 Å². The van der Waals surface area contributed by atoms with Crippen LogP contribution in [0.25, 0.3) is 0 Å². The van der Waals surface area contributed by atoms with Crippen LogP contribution in [0, 0.1) is 11.7 Å². The minimum Gasteiger partial charge on any atom is -0.459 e. The largest absolute Gasteiger partial charge is 0.459 e. The summed E-state index contributed by atoms with van der Waals surface area (Å²) in [4.78, 5) is 43.9. The van der Waals surface area contributed by atoms with Crippen molar-refractivity contribution in [3.8, 4) is 0 Å². The number of anilines is 1. The van der Waals surface area contributed by atoms with Crippen molar-refractivity contribution in [2.75, 3.05) is 31.1 Å². The average molecular weight is 526 g/mol. The first-order valence-corrected chi connectivity index (χ1v) is 12.7. The van der Waals surface area contributed by atoms with Crippen LogP contribution in [0.5, 0.6) is 0 Å². The number of ether oxygens (including phenoxy) is 2. The summed E-state index contributed by atoms with van der Waals surface area (Å²) in [5.74, 6) is -1.27. The molecule has 202 valence electrons. The van der Waals surface area contributed by atoms with Gasteiger partial charge in [-0.3, -0.25) is 4.79 Å². The average Bonchev–Trinajstić information content (AvgIpc) is 2.93. The molecule has 2 amide bonds. The molecule has 1 saturated carbocycles. The van der Waals surface area contributed by atoms with Crippen LogP contribution in [0.15, 0.2) is 53.5 Å². The number of hydrogen-bond acceptors (Lipinski definition) is 6. The van der Waals surface area contributed by atoms with Crippen LogP contribution < -0.4 is 16.4 Å². The van der Waals surface area contributed by atoms with Crippen molar-refractivity contribution in [2.45, 2.75) is 38.4 Å². The Hall–Kier alpha value is -4.15. The highest BCUT2D eigenvalue weighted by molar-refractivity contribution is 5.89. The molecule has 0 aromatic heterocycles. The third-order valence-electron chi connectivity index (χ3n) is 6.87.